The van der Waals surface area contributed by atoms with Crippen molar-refractivity contribution in [2.24, 2.45) is 23.2 Å². The molecule has 7 rings (SSSR count). The van der Waals surface area contributed by atoms with E-state index in [1.807, 2.05) is 36.4 Å². The van der Waals surface area contributed by atoms with Gasteiger partial charge in [-0.3, -0.25) is 9.59 Å². The highest BCUT2D eigenvalue weighted by molar-refractivity contribution is 6.03. The standard InChI is InChI=1S/C31H39N3O2/c35-29(32-12-11-22-7-3-1-4-8-22)27-18-26(9-10-28(27)34-13-5-2-6-14-34)33-30(36)31-19-23-15-24(20-31)17-25(16-23)21-31/h1,3-4,7-10,18,23-25H,2,5-6,11-17,19-21H2,(H,32,35)(H,33,36). The minimum atomic E-state index is -0.196. The molecule has 5 heteroatoms. The number of carbonyl (C=O) groups is 2. The lowest BCUT2D eigenvalue weighted by Crippen LogP contribution is -2.51. The van der Waals surface area contributed by atoms with E-state index in [1.54, 1.807) is 0 Å². The molecule has 2 N–H and O–H groups in total. The van der Waals surface area contributed by atoms with E-state index < -0.39 is 0 Å². The third-order valence-corrected chi connectivity index (χ3v) is 9.26. The molecule has 1 heterocycles. The van der Waals surface area contributed by atoms with Gasteiger partial charge in [-0.1, -0.05) is 30.3 Å². The summed E-state index contributed by atoms with van der Waals surface area (Å²) in [6.07, 6.45) is 11.5. The largest absolute Gasteiger partial charge is 0.371 e. The Hall–Kier alpha value is -2.82. The fourth-order valence-corrected chi connectivity index (χ4v) is 7.92. The van der Waals surface area contributed by atoms with Crippen molar-refractivity contribution in [1.29, 1.82) is 0 Å². The van der Waals surface area contributed by atoms with Gasteiger partial charge in [-0.25, -0.2) is 0 Å². The average Bonchev–Trinajstić information content (AvgIpc) is 2.89. The molecule has 4 saturated carbocycles. The molecule has 0 radical (unpaired) electrons. The molecule has 2 aromatic rings. The first-order chi connectivity index (χ1) is 17.6. The predicted octanol–water partition coefficient (Wildman–Crippen LogP) is 5.80. The summed E-state index contributed by atoms with van der Waals surface area (Å²) in [5.74, 6) is 2.32. The van der Waals surface area contributed by atoms with E-state index in [1.165, 1.54) is 31.2 Å². The number of anilines is 2. The monoisotopic (exact) mass is 485 g/mol. The number of hydrogen-bond acceptors (Lipinski definition) is 3. The number of piperidine rings is 1. The first kappa shape index (κ1) is 23.6. The lowest BCUT2D eigenvalue weighted by atomic mass is 9.49. The van der Waals surface area contributed by atoms with Gasteiger partial charge in [-0.05, 0) is 106 Å². The second-order valence-electron chi connectivity index (χ2n) is 11.9. The highest BCUT2D eigenvalue weighted by atomic mass is 16.2. The van der Waals surface area contributed by atoms with Crippen LogP contribution in [-0.4, -0.2) is 31.4 Å². The Bertz CT molecular complexity index is 1070. The molecule has 2 amide bonds. The first-order valence-corrected chi connectivity index (χ1v) is 14.1. The molecule has 5 fully saturated rings. The number of benzene rings is 2. The van der Waals surface area contributed by atoms with Crippen LogP contribution in [0.25, 0.3) is 0 Å². The number of hydrogen-bond donors (Lipinski definition) is 2. The van der Waals surface area contributed by atoms with Crippen molar-refractivity contribution in [3.63, 3.8) is 0 Å². The maximum absolute atomic E-state index is 13.6. The van der Waals surface area contributed by atoms with Crippen molar-refractivity contribution in [2.75, 3.05) is 29.9 Å². The first-order valence-electron chi connectivity index (χ1n) is 14.1. The summed E-state index contributed by atoms with van der Waals surface area (Å²) >= 11 is 0. The minimum Gasteiger partial charge on any atom is -0.371 e. The molecule has 0 spiro atoms. The van der Waals surface area contributed by atoms with Gasteiger partial charge in [0.1, 0.15) is 0 Å². The Kier molecular flexibility index (Phi) is 6.49. The smallest absolute Gasteiger partial charge is 0.253 e. The van der Waals surface area contributed by atoms with Crippen LogP contribution < -0.4 is 15.5 Å². The van der Waals surface area contributed by atoms with Crippen molar-refractivity contribution >= 4 is 23.2 Å². The van der Waals surface area contributed by atoms with E-state index in [-0.39, 0.29) is 17.2 Å². The number of amides is 2. The predicted molar refractivity (Wildman–Crippen MR) is 144 cm³/mol. The summed E-state index contributed by atoms with van der Waals surface area (Å²) < 4.78 is 0. The van der Waals surface area contributed by atoms with Crippen molar-refractivity contribution in [1.82, 2.24) is 5.32 Å². The summed E-state index contributed by atoms with van der Waals surface area (Å²) in [5, 5.41) is 6.41. The lowest BCUT2D eigenvalue weighted by molar-refractivity contribution is -0.140. The highest BCUT2D eigenvalue weighted by Gasteiger charge is 2.54. The van der Waals surface area contributed by atoms with E-state index in [9.17, 15) is 9.59 Å². The highest BCUT2D eigenvalue weighted by Crippen LogP contribution is 2.60. The molecule has 4 bridgehead atoms. The van der Waals surface area contributed by atoms with Gasteiger partial charge in [0, 0.05) is 31.0 Å². The fraction of sp³-hybridized carbons (Fsp3) is 0.548. The van der Waals surface area contributed by atoms with Gasteiger partial charge in [0.15, 0.2) is 0 Å². The van der Waals surface area contributed by atoms with Crippen LogP contribution in [0.4, 0.5) is 11.4 Å². The maximum atomic E-state index is 13.6. The van der Waals surface area contributed by atoms with Gasteiger partial charge in [-0.15, -0.1) is 0 Å². The van der Waals surface area contributed by atoms with E-state index in [0.29, 0.717) is 12.1 Å². The van der Waals surface area contributed by atoms with Crippen LogP contribution in [0.15, 0.2) is 48.5 Å². The van der Waals surface area contributed by atoms with Gasteiger partial charge < -0.3 is 15.5 Å². The van der Waals surface area contributed by atoms with Gasteiger partial charge in [0.2, 0.25) is 5.91 Å². The van der Waals surface area contributed by atoms with E-state index in [2.05, 4.69) is 27.7 Å². The fourth-order valence-electron chi connectivity index (χ4n) is 7.92. The molecule has 0 atom stereocenters. The van der Waals surface area contributed by atoms with Crippen molar-refractivity contribution in [3.8, 4) is 0 Å². The average molecular weight is 486 g/mol. The Morgan fingerprint density at radius 2 is 1.53 bits per heavy atom. The molecule has 0 unspecified atom stereocenters. The topological polar surface area (TPSA) is 61.4 Å². The molecule has 1 aliphatic heterocycles. The molecule has 4 aliphatic carbocycles. The zero-order valence-electron chi connectivity index (χ0n) is 21.3. The van der Waals surface area contributed by atoms with Crippen molar-refractivity contribution in [2.45, 2.75) is 64.2 Å². The third kappa shape index (κ3) is 4.77. The van der Waals surface area contributed by atoms with Crippen LogP contribution in [0.2, 0.25) is 0 Å². The maximum Gasteiger partial charge on any atom is 0.253 e. The summed E-state index contributed by atoms with van der Waals surface area (Å²) in [5.41, 5.74) is 3.43. The molecule has 2 aromatic carbocycles. The lowest BCUT2D eigenvalue weighted by Gasteiger charge is -2.55. The van der Waals surface area contributed by atoms with Crippen LogP contribution in [-0.2, 0) is 11.2 Å². The summed E-state index contributed by atoms with van der Waals surface area (Å²) in [7, 11) is 0. The van der Waals surface area contributed by atoms with Gasteiger partial charge >= 0.3 is 0 Å². The van der Waals surface area contributed by atoms with Crippen molar-refractivity contribution in [3.05, 3.63) is 59.7 Å². The Morgan fingerprint density at radius 3 is 2.19 bits per heavy atom. The summed E-state index contributed by atoms with van der Waals surface area (Å²) in [6.45, 7) is 2.54. The molecule has 5 nitrogen and oxygen atoms in total. The van der Waals surface area contributed by atoms with Crippen LogP contribution in [0.3, 0.4) is 0 Å². The number of nitrogens with one attached hydrogen (secondary N) is 2. The Balaban J connectivity index is 1.19. The zero-order valence-corrected chi connectivity index (χ0v) is 21.3. The second kappa shape index (κ2) is 9.91. The number of carbonyl (C=O) groups excluding carboxylic acids is 2. The number of rotatable bonds is 7. The summed E-state index contributed by atoms with van der Waals surface area (Å²) in [4.78, 5) is 29.4. The zero-order chi connectivity index (χ0) is 24.5. The van der Waals surface area contributed by atoms with Crippen LogP contribution in [0.5, 0.6) is 0 Å². The quantitative estimate of drug-likeness (QED) is 0.521. The third-order valence-electron chi connectivity index (χ3n) is 9.26. The normalized spacial score (nSPS) is 28.7. The SMILES string of the molecule is O=C(NCCc1ccccc1)c1cc(NC(=O)C23CC4CC(CC(C4)C2)C3)ccc1N1CCCCC1. The van der Waals surface area contributed by atoms with E-state index in [0.717, 1.165) is 80.7 Å². The van der Waals surface area contributed by atoms with Gasteiger partial charge in [0.05, 0.1) is 11.0 Å². The van der Waals surface area contributed by atoms with Gasteiger partial charge in [-0.2, -0.15) is 0 Å². The molecule has 5 aliphatic rings. The van der Waals surface area contributed by atoms with E-state index >= 15 is 0 Å². The molecular weight excluding hydrogens is 446 g/mol. The van der Waals surface area contributed by atoms with Crippen LogP contribution >= 0.6 is 0 Å². The van der Waals surface area contributed by atoms with Crippen LogP contribution in [0, 0.1) is 23.2 Å². The van der Waals surface area contributed by atoms with E-state index in [4.69, 9.17) is 0 Å². The number of nitrogens with zero attached hydrogens (tertiary/aromatic N) is 1. The molecular formula is C31H39N3O2. The summed E-state index contributed by atoms with van der Waals surface area (Å²) in [6, 6.07) is 16.2. The molecule has 1 saturated heterocycles. The second-order valence-corrected chi connectivity index (χ2v) is 11.9. The molecule has 36 heavy (non-hydrogen) atoms. The minimum absolute atomic E-state index is 0.0580. The Labute approximate surface area is 215 Å². The van der Waals surface area contributed by atoms with Crippen molar-refractivity contribution < 1.29 is 9.59 Å². The van der Waals surface area contributed by atoms with Gasteiger partial charge in [0.25, 0.3) is 5.91 Å². The van der Waals surface area contributed by atoms with Crippen LogP contribution in [0.1, 0.15) is 73.7 Å². The molecule has 190 valence electrons. The Morgan fingerprint density at radius 1 is 0.861 bits per heavy atom. The molecule has 0 aromatic heterocycles.